The fourth-order valence-corrected chi connectivity index (χ4v) is 7.70. The summed E-state index contributed by atoms with van der Waals surface area (Å²) in [4.78, 5) is 59.9. The van der Waals surface area contributed by atoms with Crippen LogP contribution in [0.3, 0.4) is 0 Å². The Bertz CT molecular complexity index is 1530. The molecule has 248 valence electrons. The Morgan fingerprint density at radius 1 is 1.00 bits per heavy atom. The zero-order valence-corrected chi connectivity index (χ0v) is 26.9. The number of rotatable bonds is 7. The van der Waals surface area contributed by atoms with Crippen LogP contribution in [0.2, 0.25) is 0 Å². The number of aliphatic hydroxyl groups excluding tert-OH is 1. The van der Waals surface area contributed by atoms with Gasteiger partial charge in [0, 0.05) is 19.0 Å². The van der Waals surface area contributed by atoms with Crippen LogP contribution in [-0.2, 0) is 28.7 Å². The molecule has 47 heavy (non-hydrogen) atoms. The molecular formula is C37H43N3O7. The Labute approximate surface area is 275 Å². The second kappa shape index (κ2) is 13.8. The van der Waals surface area contributed by atoms with Crippen molar-refractivity contribution in [3.8, 4) is 0 Å². The van der Waals surface area contributed by atoms with Crippen LogP contribution in [0.5, 0.6) is 0 Å². The Kier molecular flexibility index (Phi) is 9.61. The number of nitrogens with one attached hydrogen (secondary N) is 1. The number of carbonyl (C=O) groups excluding carboxylic acids is 4. The normalized spacial score (nSPS) is 31.3. The van der Waals surface area contributed by atoms with Crippen LogP contribution >= 0.6 is 0 Å². The lowest BCUT2D eigenvalue weighted by atomic mass is 9.74. The molecule has 2 aromatic rings. The highest BCUT2D eigenvalue weighted by atomic mass is 16.5. The number of cyclic esters (lactones) is 1. The van der Waals surface area contributed by atoms with E-state index in [-0.39, 0.29) is 31.5 Å². The van der Waals surface area contributed by atoms with Crippen molar-refractivity contribution in [2.75, 3.05) is 19.8 Å². The van der Waals surface area contributed by atoms with E-state index in [1.54, 1.807) is 17.1 Å². The van der Waals surface area contributed by atoms with Gasteiger partial charge in [-0.15, -0.1) is 0 Å². The smallest absolute Gasteiger partial charge is 0.306 e. The minimum Gasteiger partial charge on any atom is -0.463 e. The highest BCUT2D eigenvalue weighted by Gasteiger charge is 2.74. The van der Waals surface area contributed by atoms with E-state index in [0.29, 0.717) is 12.0 Å². The summed E-state index contributed by atoms with van der Waals surface area (Å²) in [5.74, 6) is -3.49. The van der Waals surface area contributed by atoms with Gasteiger partial charge >= 0.3 is 5.97 Å². The molecule has 3 amide bonds. The van der Waals surface area contributed by atoms with Gasteiger partial charge in [-0.3, -0.25) is 19.2 Å². The van der Waals surface area contributed by atoms with Gasteiger partial charge in [-0.2, -0.15) is 0 Å². The molecule has 0 radical (unpaired) electrons. The molecule has 2 saturated heterocycles. The molecule has 6 rings (SSSR count). The Morgan fingerprint density at radius 3 is 2.43 bits per heavy atom. The van der Waals surface area contributed by atoms with Gasteiger partial charge in [-0.25, -0.2) is 0 Å². The Hall–Kier alpha value is -4.28. The minimum absolute atomic E-state index is 0.0771. The van der Waals surface area contributed by atoms with E-state index in [2.05, 4.69) is 12.2 Å². The number of ether oxygens (including phenoxy) is 2. The highest BCUT2D eigenvalue weighted by molar-refractivity contribution is 6.00. The molecule has 10 nitrogen and oxygen atoms in total. The number of hydrogen-bond donors (Lipinski definition) is 2. The van der Waals surface area contributed by atoms with Crippen molar-refractivity contribution >= 4 is 23.7 Å². The third-order valence-electron chi connectivity index (χ3n) is 9.98. The van der Waals surface area contributed by atoms with E-state index in [1.165, 1.54) is 4.90 Å². The van der Waals surface area contributed by atoms with Crippen LogP contribution in [0.1, 0.15) is 62.7 Å². The molecule has 10 heteroatoms. The molecule has 4 heterocycles. The topological polar surface area (TPSA) is 125 Å². The number of allylic oxidation sites excluding steroid dienone is 1. The SMILES string of the molecule is CCCC(C)N1C/C=C\CCC(=O)OC[C@@H](c2ccccc2)NC(=O)[C@@H]2[C@@H]3C=C[C@]4(O3)[C@H](C1=O)N([C@H](CO)c1ccccc1)C(=O)[C@@H]24. The molecule has 0 aliphatic carbocycles. The van der Waals surface area contributed by atoms with Gasteiger partial charge < -0.3 is 29.7 Å². The summed E-state index contributed by atoms with van der Waals surface area (Å²) in [5, 5.41) is 13.8. The second-order valence-corrected chi connectivity index (χ2v) is 12.8. The first kappa shape index (κ1) is 32.7. The number of likely N-dealkylation sites (tertiary alicyclic amines) is 1. The first-order chi connectivity index (χ1) is 22.8. The number of hydrogen-bond acceptors (Lipinski definition) is 7. The fraction of sp³-hybridized carbons (Fsp3) is 0.459. The molecule has 8 atom stereocenters. The van der Waals surface area contributed by atoms with Crippen LogP contribution in [0, 0.1) is 11.8 Å². The molecule has 1 spiro atoms. The summed E-state index contributed by atoms with van der Waals surface area (Å²) in [6.07, 6.45) is 8.71. The summed E-state index contributed by atoms with van der Waals surface area (Å²) in [6.45, 7) is 3.80. The van der Waals surface area contributed by atoms with Crippen LogP contribution in [0.25, 0.3) is 0 Å². The van der Waals surface area contributed by atoms with Crippen LogP contribution in [-0.4, -0.2) is 82.1 Å². The maximum absolute atomic E-state index is 14.9. The summed E-state index contributed by atoms with van der Waals surface area (Å²) in [6, 6.07) is 15.6. The number of fused-ring (bicyclic) bond motifs is 2. The molecule has 5 bridgehead atoms. The molecule has 4 aliphatic rings. The predicted molar refractivity (Wildman–Crippen MR) is 173 cm³/mol. The molecular weight excluding hydrogens is 598 g/mol. The average Bonchev–Trinajstić information content (AvgIpc) is 3.73. The predicted octanol–water partition coefficient (Wildman–Crippen LogP) is 3.64. The first-order valence-electron chi connectivity index (χ1n) is 16.6. The standard InChI is InChI=1S/C37H43N3O7/c1-3-13-24(2)39-21-12-6-11-18-30(42)46-23-27(25-14-7-4-8-15-25)38-34(43)31-29-19-20-37(47-29)32(31)35(44)40(33(37)36(39)45)28(22-41)26-16-9-5-10-17-26/h4-10,12,14-17,19-20,24,27-29,31-33,41H,3,11,13,18,21-23H2,1-2H3,(H,38,43)/b12-6-/t24?,27-,28+,29-,31+,32+,33-,37+/m0/s1. The van der Waals surface area contributed by atoms with Crippen LogP contribution < -0.4 is 5.32 Å². The zero-order valence-electron chi connectivity index (χ0n) is 26.9. The molecule has 2 N–H and O–H groups in total. The number of benzene rings is 2. The van der Waals surface area contributed by atoms with Crippen molar-refractivity contribution in [1.82, 2.24) is 15.1 Å². The maximum Gasteiger partial charge on any atom is 0.306 e. The Balaban J connectivity index is 1.46. The van der Waals surface area contributed by atoms with Crippen molar-refractivity contribution in [1.29, 1.82) is 0 Å². The van der Waals surface area contributed by atoms with Crippen molar-refractivity contribution in [3.63, 3.8) is 0 Å². The number of esters is 1. The van der Waals surface area contributed by atoms with Gasteiger partial charge in [0.2, 0.25) is 17.7 Å². The van der Waals surface area contributed by atoms with Gasteiger partial charge in [-0.05, 0) is 30.9 Å². The van der Waals surface area contributed by atoms with E-state index in [4.69, 9.17) is 9.47 Å². The lowest BCUT2D eigenvalue weighted by Gasteiger charge is -2.40. The maximum atomic E-state index is 14.9. The van der Waals surface area contributed by atoms with Crippen molar-refractivity contribution in [3.05, 3.63) is 96.1 Å². The lowest BCUT2D eigenvalue weighted by molar-refractivity contribution is -0.152. The first-order valence-corrected chi connectivity index (χ1v) is 16.6. The monoisotopic (exact) mass is 641 g/mol. The lowest BCUT2D eigenvalue weighted by Crippen LogP contribution is -2.58. The number of carbonyl (C=O) groups is 4. The van der Waals surface area contributed by atoms with E-state index in [9.17, 15) is 24.3 Å². The van der Waals surface area contributed by atoms with Crippen molar-refractivity contribution < 1.29 is 33.8 Å². The van der Waals surface area contributed by atoms with E-state index in [1.807, 2.05) is 79.7 Å². The number of nitrogens with zero attached hydrogens (tertiary/aromatic N) is 2. The molecule has 0 saturated carbocycles. The molecule has 0 aromatic heterocycles. The molecule has 4 aliphatic heterocycles. The van der Waals surface area contributed by atoms with Crippen LogP contribution in [0.15, 0.2) is 85.0 Å². The quantitative estimate of drug-likeness (QED) is 0.350. The van der Waals surface area contributed by atoms with E-state index >= 15 is 0 Å². The van der Waals surface area contributed by atoms with Gasteiger partial charge in [0.05, 0.1) is 36.6 Å². The summed E-state index contributed by atoms with van der Waals surface area (Å²) in [5.41, 5.74) is 0.0241. The highest BCUT2D eigenvalue weighted by Crippen LogP contribution is 2.57. The van der Waals surface area contributed by atoms with Gasteiger partial charge in [0.1, 0.15) is 18.2 Å². The average molecular weight is 642 g/mol. The summed E-state index contributed by atoms with van der Waals surface area (Å²) in [7, 11) is 0. The number of aliphatic hydroxyl groups is 1. The third-order valence-corrected chi connectivity index (χ3v) is 9.98. The minimum atomic E-state index is -1.40. The third kappa shape index (κ3) is 6.00. The van der Waals surface area contributed by atoms with E-state index in [0.717, 1.165) is 18.4 Å². The van der Waals surface area contributed by atoms with Gasteiger partial charge in [0.15, 0.2) is 0 Å². The van der Waals surface area contributed by atoms with E-state index < -0.39 is 66.1 Å². The van der Waals surface area contributed by atoms with Gasteiger partial charge in [0.25, 0.3) is 0 Å². The number of amides is 3. The largest absolute Gasteiger partial charge is 0.463 e. The summed E-state index contributed by atoms with van der Waals surface area (Å²) < 4.78 is 12.2. The fourth-order valence-electron chi connectivity index (χ4n) is 7.70. The van der Waals surface area contributed by atoms with Crippen molar-refractivity contribution in [2.24, 2.45) is 11.8 Å². The summed E-state index contributed by atoms with van der Waals surface area (Å²) >= 11 is 0. The van der Waals surface area contributed by atoms with Crippen molar-refractivity contribution in [2.45, 2.75) is 75.4 Å². The zero-order chi connectivity index (χ0) is 33.1. The molecule has 1 unspecified atom stereocenters. The molecule has 2 fully saturated rings. The Morgan fingerprint density at radius 2 is 1.72 bits per heavy atom. The van der Waals surface area contributed by atoms with Crippen LogP contribution in [0.4, 0.5) is 0 Å². The second-order valence-electron chi connectivity index (χ2n) is 12.8. The van der Waals surface area contributed by atoms with Gasteiger partial charge in [-0.1, -0.05) is 98.3 Å². The molecule has 2 aromatic carbocycles.